The van der Waals surface area contributed by atoms with Gasteiger partial charge in [-0.15, -0.1) is 0 Å². The number of nitrogens with zero attached hydrogens (tertiary/aromatic N) is 3. The maximum absolute atomic E-state index is 12.4. The van der Waals surface area contributed by atoms with Gasteiger partial charge < -0.3 is 23.6 Å². The van der Waals surface area contributed by atoms with Gasteiger partial charge in [0.05, 0.1) is 23.8 Å². The molecule has 178 valence electrons. The summed E-state index contributed by atoms with van der Waals surface area (Å²) in [6.07, 6.45) is 4.45. The molecule has 0 saturated carbocycles. The van der Waals surface area contributed by atoms with E-state index in [1.807, 2.05) is 60.7 Å². The Bertz CT molecular complexity index is 1490. The Morgan fingerprint density at radius 1 is 1.00 bits per heavy atom. The third-order valence-corrected chi connectivity index (χ3v) is 6.88. The SMILES string of the molecule is O=c1oc2ccccc2cc1CCN1CCC(Nc2nc3ccccc3n2Cc2ccco2)CC1. The average Bonchev–Trinajstić information content (AvgIpc) is 3.52. The van der Waals surface area contributed by atoms with Gasteiger partial charge in [0.1, 0.15) is 11.3 Å². The van der Waals surface area contributed by atoms with Crippen LogP contribution in [0, 0.1) is 0 Å². The van der Waals surface area contributed by atoms with Crippen molar-refractivity contribution in [1.29, 1.82) is 0 Å². The molecule has 1 fully saturated rings. The highest BCUT2D eigenvalue weighted by Crippen LogP contribution is 2.24. The number of fused-ring (bicyclic) bond motifs is 2. The van der Waals surface area contributed by atoms with Gasteiger partial charge in [-0.2, -0.15) is 0 Å². The topological polar surface area (TPSA) is 76.4 Å². The third-order valence-electron chi connectivity index (χ3n) is 6.88. The summed E-state index contributed by atoms with van der Waals surface area (Å²) in [5.41, 5.74) is 3.24. The van der Waals surface area contributed by atoms with Crippen molar-refractivity contribution in [3.05, 3.63) is 94.7 Å². The fraction of sp³-hybridized carbons (Fsp3) is 0.286. The van der Waals surface area contributed by atoms with E-state index in [-0.39, 0.29) is 5.63 Å². The number of benzene rings is 2. The first-order valence-electron chi connectivity index (χ1n) is 12.2. The third kappa shape index (κ3) is 4.59. The van der Waals surface area contributed by atoms with Gasteiger partial charge in [-0.3, -0.25) is 0 Å². The number of likely N-dealkylation sites (tertiary alicyclic amines) is 1. The van der Waals surface area contributed by atoms with E-state index in [9.17, 15) is 4.79 Å². The van der Waals surface area contributed by atoms with Gasteiger partial charge in [0, 0.05) is 36.6 Å². The lowest BCUT2D eigenvalue weighted by Crippen LogP contribution is -2.40. The molecule has 1 N–H and O–H groups in total. The van der Waals surface area contributed by atoms with Crippen molar-refractivity contribution >= 4 is 28.0 Å². The van der Waals surface area contributed by atoms with Crippen LogP contribution in [0.15, 0.2) is 86.6 Å². The van der Waals surface area contributed by atoms with Crippen molar-refractivity contribution in [2.75, 3.05) is 25.0 Å². The number of para-hydroxylation sites is 3. The molecule has 1 aliphatic heterocycles. The Kier molecular flexibility index (Phi) is 5.84. The molecule has 6 rings (SSSR count). The Labute approximate surface area is 203 Å². The van der Waals surface area contributed by atoms with E-state index in [0.717, 1.165) is 66.2 Å². The number of nitrogens with one attached hydrogen (secondary N) is 1. The summed E-state index contributed by atoms with van der Waals surface area (Å²) in [7, 11) is 0. The standard InChI is InChI=1S/C28H28N4O3/c33-27-21(18-20-6-1-4-10-26(20)35-27)11-14-31-15-12-22(13-16-31)29-28-30-24-8-2-3-9-25(24)32(28)19-23-7-5-17-34-23/h1-10,17-18,22H,11-16,19H2,(H,29,30). The summed E-state index contributed by atoms with van der Waals surface area (Å²) in [6.45, 7) is 3.46. The van der Waals surface area contributed by atoms with E-state index in [1.54, 1.807) is 6.26 Å². The number of aromatic nitrogens is 2. The number of rotatable bonds is 7. The van der Waals surface area contributed by atoms with E-state index in [0.29, 0.717) is 24.6 Å². The van der Waals surface area contributed by atoms with Gasteiger partial charge in [-0.1, -0.05) is 30.3 Å². The molecule has 0 aliphatic carbocycles. The van der Waals surface area contributed by atoms with Crippen LogP contribution in [0.2, 0.25) is 0 Å². The average molecular weight is 469 g/mol. The summed E-state index contributed by atoms with van der Waals surface area (Å²) in [6, 6.07) is 22.1. The molecular weight excluding hydrogens is 440 g/mol. The summed E-state index contributed by atoms with van der Waals surface area (Å²) in [5, 5.41) is 4.67. The molecule has 0 spiro atoms. The Hall–Kier alpha value is -3.84. The van der Waals surface area contributed by atoms with Crippen molar-refractivity contribution in [2.24, 2.45) is 0 Å². The smallest absolute Gasteiger partial charge is 0.339 e. The maximum Gasteiger partial charge on any atom is 0.339 e. The van der Waals surface area contributed by atoms with Crippen LogP contribution < -0.4 is 10.9 Å². The quantitative estimate of drug-likeness (QED) is 0.342. The van der Waals surface area contributed by atoms with Crippen LogP contribution in [0.1, 0.15) is 24.2 Å². The van der Waals surface area contributed by atoms with Crippen molar-refractivity contribution in [3.63, 3.8) is 0 Å². The van der Waals surface area contributed by atoms with Crippen LogP contribution in [0.3, 0.4) is 0 Å². The molecule has 2 aromatic carbocycles. The van der Waals surface area contributed by atoms with E-state index >= 15 is 0 Å². The zero-order valence-corrected chi connectivity index (χ0v) is 19.5. The number of imidazole rings is 1. The van der Waals surface area contributed by atoms with Crippen molar-refractivity contribution in [1.82, 2.24) is 14.5 Å². The Morgan fingerprint density at radius 2 is 1.83 bits per heavy atom. The monoisotopic (exact) mass is 468 g/mol. The van der Waals surface area contributed by atoms with E-state index < -0.39 is 0 Å². The second-order valence-electron chi connectivity index (χ2n) is 9.20. The first-order valence-corrected chi connectivity index (χ1v) is 12.2. The zero-order chi connectivity index (χ0) is 23.6. The van der Waals surface area contributed by atoms with E-state index in [1.165, 1.54) is 0 Å². The highest BCUT2D eigenvalue weighted by Gasteiger charge is 2.22. The molecule has 5 aromatic rings. The molecule has 0 amide bonds. The molecule has 7 nitrogen and oxygen atoms in total. The molecule has 4 heterocycles. The van der Waals surface area contributed by atoms with Crippen LogP contribution in [-0.2, 0) is 13.0 Å². The van der Waals surface area contributed by atoms with Gasteiger partial charge in [-0.25, -0.2) is 9.78 Å². The normalized spacial score (nSPS) is 15.2. The molecule has 3 aromatic heterocycles. The maximum atomic E-state index is 12.4. The highest BCUT2D eigenvalue weighted by molar-refractivity contribution is 5.79. The summed E-state index contributed by atoms with van der Waals surface area (Å²) in [5.74, 6) is 1.79. The Balaban J connectivity index is 1.10. The van der Waals surface area contributed by atoms with E-state index in [4.69, 9.17) is 13.8 Å². The number of piperidine rings is 1. The lowest BCUT2D eigenvalue weighted by molar-refractivity contribution is 0.220. The molecule has 0 radical (unpaired) electrons. The Morgan fingerprint density at radius 3 is 2.69 bits per heavy atom. The predicted molar refractivity (Wildman–Crippen MR) is 137 cm³/mol. The number of hydrogen-bond donors (Lipinski definition) is 1. The number of anilines is 1. The molecule has 0 atom stereocenters. The molecule has 1 saturated heterocycles. The fourth-order valence-corrected chi connectivity index (χ4v) is 4.95. The second-order valence-corrected chi connectivity index (χ2v) is 9.20. The van der Waals surface area contributed by atoms with Crippen LogP contribution in [0.5, 0.6) is 0 Å². The molecule has 0 bridgehead atoms. The number of furan rings is 1. The van der Waals surface area contributed by atoms with Crippen molar-refractivity contribution < 1.29 is 8.83 Å². The van der Waals surface area contributed by atoms with Gasteiger partial charge in [0.2, 0.25) is 5.95 Å². The van der Waals surface area contributed by atoms with Gasteiger partial charge in [0.25, 0.3) is 0 Å². The summed E-state index contributed by atoms with van der Waals surface area (Å²) < 4.78 is 13.3. The largest absolute Gasteiger partial charge is 0.467 e. The molecule has 0 unspecified atom stereocenters. The van der Waals surface area contributed by atoms with Crippen LogP contribution in [0.4, 0.5) is 5.95 Å². The molecule has 35 heavy (non-hydrogen) atoms. The van der Waals surface area contributed by atoms with Gasteiger partial charge >= 0.3 is 5.63 Å². The lowest BCUT2D eigenvalue weighted by Gasteiger charge is -2.32. The predicted octanol–water partition coefficient (Wildman–Crippen LogP) is 4.90. The van der Waals surface area contributed by atoms with Crippen molar-refractivity contribution in [3.8, 4) is 0 Å². The first-order chi connectivity index (χ1) is 17.2. The summed E-state index contributed by atoms with van der Waals surface area (Å²) >= 11 is 0. The fourth-order valence-electron chi connectivity index (χ4n) is 4.95. The summed E-state index contributed by atoms with van der Waals surface area (Å²) in [4.78, 5) is 19.7. The molecule has 7 heteroatoms. The molecule has 1 aliphatic rings. The van der Waals surface area contributed by atoms with Crippen LogP contribution in [-0.4, -0.2) is 40.1 Å². The van der Waals surface area contributed by atoms with E-state index in [2.05, 4.69) is 20.9 Å². The minimum absolute atomic E-state index is 0.226. The minimum atomic E-state index is -0.226. The highest BCUT2D eigenvalue weighted by atomic mass is 16.4. The number of hydrogen-bond acceptors (Lipinski definition) is 6. The first kappa shape index (κ1) is 21.7. The van der Waals surface area contributed by atoms with Gasteiger partial charge in [-0.05, 0) is 55.7 Å². The van der Waals surface area contributed by atoms with Crippen molar-refractivity contribution in [2.45, 2.75) is 31.8 Å². The van der Waals surface area contributed by atoms with Crippen LogP contribution in [0.25, 0.3) is 22.0 Å². The van der Waals surface area contributed by atoms with Crippen LogP contribution >= 0.6 is 0 Å². The molecular formula is C28H28N4O3. The lowest BCUT2D eigenvalue weighted by atomic mass is 10.0. The second kappa shape index (κ2) is 9.43. The zero-order valence-electron chi connectivity index (χ0n) is 19.5. The van der Waals surface area contributed by atoms with Gasteiger partial charge in [0.15, 0.2) is 0 Å². The minimum Gasteiger partial charge on any atom is -0.467 e.